The van der Waals surface area contributed by atoms with Crippen molar-refractivity contribution >= 4 is 23.1 Å². The van der Waals surface area contributed by atoms with E-state index in [0.717, 1.165) is 30.8 Å². The summed E-state index contributed by atoms with van der Waals surface area (Å²) in [5.74, 6) is 0.784. The van der Waals surface area contributed by atoms with Gasteiger partial charge in [-0.05, 0) is 30.4 Å². The first-order valence-corrected chi connectivity index (χ1v) is 7.71. The number of aromatic nitrogens is 2. The first-order chi connectivity index (χ1) is 9.72. The highest BCUT2D eigenvalue weighted by molar-refractivity contribution is 7.10. The lowest BCUT2D eigenvalue weighted by molar-refractivity contribution is -0.131. The van der Waals surface area contributed by atoms with Gasteiger partial charge >= 0.3 is 0 Å². The monoisotopic (exact) mass is 290 g/mol. The molecule has 6 heteroatoms. The van der Waals surface area contributed by atoms with E-state index in [1.54, 1.807) is 11.3 Å². The molecule has 1 saturated heterocycles. The van der Waals surface area contributed by atoms with Crippen molar-refractivity contribution in [2.75, 3.05) is 18.8 Å². The van der Waals surface area contributed by atoms with Crippen molar-refractivity contribution < 1.29 is 4.79 Å². The maximum Gasteiger partial charge on any atom is 0.227 e. The summed E-state index contributed by atoms with van der Waals surface area (Å²) in [5.41, 5.74) is 5.64. The molecule has 106 valence electrons. The zero-order valence-corrected chi connectivity index (χ0v) is 12.1. The van der Waals surface area contributed by atoms with Crippen LogP contribution in [0.2, 0.25) is 0 Å². The number of nitrogen functional groups attached to an aromatic ring is 1. The second-order valence-electron chi connectivity index (χ2n) is 5.09. The molecule has 3 heterocycles. The summed E-state index contributed by atoms with van der Waals surface area (Å²) >= 11 is 1.64. The average molecular weight is 290 g/mol. The molecule has 0 radical (unpaired) electrons. The number of nitrogens with zero attached hydrogens (tertiary/aromatic N) is 3. The molecule has 1 aliphatic heterocycles. The zero-order valence-electron chi connectivity index (χ0n) is 11.2. The van der Waals surface area contributed by atoms with Crippen LogP contribution in [0.3, 0.4) is 0 Å². The topological polar surface area (TPSA) is 64.2 Å². The summed E-state index contributed by atoms with van der Waals surface area (Å²) in [5, 5.41) is 6.27. The van der Waals surface area contributed by atoms with Gasteiger partial charge in [0.2, 0.25) is 5.91 Å². The standard InChI is InChI=1S/C14H18N4OS/c15-13-5-8-18(16-13)11-3-6-17(7-4-11)14(19)10-12-2-1-9-20-12/h1-2,5,8-9,11H,3-4,6-7,10H2,(H2,15,16). The SMILES string of the molecule is Nc1ccn(C2CCN(C(=O)Cc3cccs3)CC2)n1. The molecule has 3 rings (SSSR count). The first-order valence-electron chi connectivity index (χ1n) is 6.83. The molecule has 0 aromatic carbocycles. The number of thiophene rings is 1. The Morgan fingerprint density at radius 1 is 1.40 bits per heavy atom. The van der Waals surface area contributed by atoms with Crippen molar-refractivity contribution in [2.24, 2.45) is 0 Å². The van der Waals surface area contributed by atoms with E-state index in [0.29, 0.717) is 18.3 Å². The Hall–Kier alpha value is -1.82. The van der Waals surface area contributed by atoms with Gasteiger partial charge in [-0.2, -0.15) is 5.10 Å². The minimum atomic E-state index is 0.228. The highest BCUT2D eigenvalue weighted by atomic mass is 32.1. The van der Waals surface area contributed by atoms with E-state index in [9.17, 15) is 4.79 Å². The lowest BCUT2D eigenvalue weighted by Crippen LogP contribution is -2.39. The molecule has 1 amide bonds. The molecule has 2 aromatic heterocycles. The summed E-state index contributed by atoms with van der Waals surface area (Å²) in [6, 6.07) is 6.18. The molecule has 2 aromatic rings. The van der Waals surface area contributed by atoms with Crippen LogP contribution >= 0.6 is 11.3 Å². The van der Waals surface area contributed by atoms with Crippen molar-refractivity contribution in [3.05, 3.63) is 34.7 Å². The normalized spacial score (nSPS) is 16.5. The first kappa shape index (κ1) is 13.2. The second-order valence-corrected chi connectivity index (χ2v) is 6.12. The molecule has 0 atom stereocenters. The van der Waals surface area contributed by atoms with Crippen molar-refractivity contribution in [1.82, 2.24) is 14.7 Å². The third-order valence-electron chi connectivity index (χ3n) is 3.73. The number of rotatable bonds is 3. The molecular weight excluding hydrogens is 272 g/mol. The van der Waals surface area contributed by atoms with E-state index in [-0.39, 0.29) is 5.91 Å². The predicted molar refractivity (Wildman–Crippen MR) is 79.5 cm³/mol. The lowest BCUT2D eigenvalue weighted by atomic mass is 10.0. The summed E-state index contributed by atoms with van der Waals surface area (Å²) in [6.07, 6.45) is 4.33. The number of carbonyl (C=O) groups is 1. The number of likely N-dealkylation sites (tertiary alicyclic amines) is 1. The Balaban J connectivity index is 1.54. The Kier molecular flexibility index (Phi) is 3.73. The Morgan fingerprint density at radius 3 is 2.80 bits per heavy atom. The van der Waals surface area contributed by atoms with E-state index < -0.39 is 0 Å². The van der Waals surface area contributed by atoms with Gasteiger partial charge in [0.15, 0.2) is 0 Å². The number of hydrogen-bond acceptors (Lipinski definition) is 4. The predicted octanol–water partition coefficient (Wildman–Crippen LogP) is 1.93. The molecule has 0 saturated carbocycles. The van der Waals surface area contributed by atoms with Crippen LogP contribution in [-0.4, -0.2) is 33.7 Å². The molecule has 0 unspecified atom stereocenters. The van der Waals surface area contributed by atoms with Gasteiger partial charge in [0.05, 0.1) is 12.5 Å². The van der Waals surface area contributed by atoms with Crippen LogP contribution < -0.4 is 5.73 Å². The molecule has 1 aliphatic rings. The van der Waals surface area contributed by atoms with Crippen molar-refractivity contribution in [1.29, 1.82) is 0 Å². The Morgan fingerprint density at radius 2 is 2.20 bits per heavy atom. The van der Waals surface area contributed by atoms with Crippen LogP contribution in [0.15, 0.2) is 29.8 Å². The third kappa shape index (κ3) is 2.85. The quantitative estimate of drug-likeness (QED) is 0.939. The number of hydrogen-bond donors (Lipinski definition) is 1. The summed E-state index contributed by atoms with van der Waals surface area (Å²) < 4.78 is 1.93. The highest BCUT2D eigenvalue weighted by Crippen LogP contribution is 2.23. The molecule has 0 aliphatic carbocycles. The minimum Gasteiger partial charge on any atom is -0.382 e. The fourth-order valence-corrected chi connectivity index (χ4v) is 3.31. The van der Waals surface area contributed by atoms with Crippen molar-refractivity contribution in [2.45, 2.75) is 25.3 Å². The molecule has 2 N–H and O–H groups in total. The number of piperidine rings is 1. The lowest BCUT2D eigenvalue weighted by Gasteiger charge is -2.32. The van der Waals surface area contributed by atoms with Crippen LogP contribution in [0.1, 0.15) is 23.8 Å². The molecule has 0 bridgehead atoms. The van der Waals surface area contributed by atoms with Crippen LogP contribution in [0.25, 0.3) is 0 Å². The fraction of sp³-hybridized carbons (Fsp3) is 0.429. The van der Waals surface area contributed by atoms with Gasteiger partial charge in [0.1, 0.15) is 5.82 Å². The van der Waals surface area contributed by atoms with Crippen LogP contribution in [0.5, 0.6) is 0 Å². The number of amides is 1. The molecule has 1 fully saturated rings. The number of anilines is 1. The van der Waals surface area contributed by atoms with Crippen LogP contribution in [-0.2, 0) is 11.2 Å². The molecule has 0 spiro atoms. The van der Waals surface area contributed by atoms with E-state index in [2.05, 4.69) is 5.10 Å². The van der Waals surface area contributed by atoms with Gasteiger partial charge in [-0.25, -0.2) is 0 Å². The van der Waals surface area contributed by atoms with Crippen molar-refractivity contribution in [3.8, 4) is 0 Å². The zero-order chi connectivity index (χ0) is 13.9. The average Bonchev–Trinajstić information content (AvgIpc) is 3.10. The second kappa shape index (κ2) is 5.66. The smallest absolute Gasteiger partial charge is 0.227 e. The van der Waals surface area contributed by atoms with Gasteiger partial charge in [0, 0.05) is 24.2 Å². The largest absolute Gasteiger partial charge is 0.382 e. The van der Waals surface area contributed by atoms with Gasteiger partial charge in [-0.1, -0.05) is 6.07 Å². The highest BCUT2D eigenvalue weighted by Gasteiger charge is 2.24. The van der Waals surface area contributed by atoms with Gasteiger partial charge in [-0.3, -0.25) is 9.48 Å². The van der Waals surface area contributed by atoms with Crippen LogP contribution in [0.4, 0.5) is 5.82 Å². The van der Waals surface area contributed by atoms with Crippen LogP contribution in [0, 0.1) is 0 Å². The van der Waals surface area contributed by atoms with Crippen molar-refractivity contribution in [3.63, 3.8) is 0 Å². The third-order valence-corrected chi connectivity index (χ3v) is 4.60. The molecule has 5 nitrogen and oxygen atoms in total. The Bertz CT molecular complexity index is 570. The van der Waals surface area contributed by atoms with E-state index in [4.69, 9.17) is 5.73 Å². The minimum absolute atomic E-state index is 0.228. The Labute approximate surface area is 122 Å². The van der Waals surface area contributed by atoms with E-state index >= 15 is 0 Å². The van der Waals surface area contributed by atoms with E-state index in [1.807, 2.05) is 39.4 Å². The maximum absolute atomic E-state index is 12.2. The molecular formula is C14H18N4OS. The van der Waals surface area contributed by atoms with Gasteiger partial charge in [0.25, 0.3) is 0 Å². The maximum atomic E-state index is 12.2. The number of nitrogens with two attached hydrogens (primary N) is 1. The van der Waals surface area contributed by atoms with Gasteiger partial charge < -0.3 is 10.6 Å². The van der Waals surface area contributed by atoms with E-state index in [1.165, 1.54) is 0 Å². The van der Waals surface area contributed by atoms with Gasteiger partial charge in [-0.15, -0.1) is 11.3 Å². The fourth-order valence-electron chi connectivity index (χ4n) is 2.61. The summed E-state index contributed by atoms with van der Waals surface area (Å²) in [6.45, 7) is 1.60. The number of carbonyl (C=O) groups excluding carboxylic acids is 1. The summed E-state index contributed by atoms with van der Waals surface area (Å²) in [7, 11) is 0. The molecule has 20 heavy (non-hydrogen) atoms. The summed E-state index contributed by atoms with van der Waals surface area (Å²) in [4.78, 5) is 15.3.